The predicted octanol–water partition coefficient (Wildman–Crippen LogP) is 4.06. The van der Waals surface area contributed by atoms with Gasteiger partial charge in [-0.3, -0.25) is 9.69 Å². The number of para-hydroxylation sites is 1. The average Bonchev–Trinajstić information content (AvgIpc) is 2.46. The van der Waals surface area contributed by atoms with E-state index in [-0.39, 0.29) is 0 Å². The van der Waals surface area contributed by atoms with E-state index in [2.05, 4.69) is 0 Å². The van der Waals surface area contributed by atoms with Crippen molar-refractivity contribution in [3.63, 3.8) is 0 Å². The lowest BCUT2D eigenvalue weighted by molar-refractivity contribution is 0.264. The number of hydrogen-bond acceptors (Lipinski definition) is 2. The summed E-state index contributed by atoms with van der Waals surface area (Å²) in [6.45, 7) is 0.427. The van der Waals surface area contributed by atoms with Crippen molar-refractivity contribution in [2.75, 3.05) is 12.0 Å². The Morgan fingerprint density at radius 3 is 2.26 bits per heavy atom. The quantitative estimate of drug-likeness (QED) is 0.622. The molecule has 2 rings (SSSR count). The normalized spacial score (nSPS) is 10.0. The van der Waals surface area contributed by atoms with Crippen LogP contribution < -0.4 is 9.64 Å². The average molecular weight is 276 g/mol. The van der Waals surface area contributed by atoms with Crippen molar-refractivity contribution < 1.29 is 9.53 Å². The van der Waals surface area contributed by atoms with Crippen LogP contribution in [0, 0.1) is 0 Å². The van der Waals surface area contributed by atoms with Crippen molar-refractivity contribution in [1.82, 2.24) is 0 Å². The molecular formula is C15H14ClNO2. The fourth-order valence-corrected chi connectivity index (χ4v) is 1.93. The van der Waals surface area contributed by atoms with Crippen molar-refractivity contribution in [3.8, 4) is 5.75 Å². The number of rotatable bonds is 4. The third-order valence-electron chi connectivity index (χ3n) is 2.78. The maximum atomic E-state index is 11.5. The first-order chi connectivity index (χ1) is 9.20. The molecule has 0 aromatic heterocycles. The highest BCUT2D eigenvalue weighted by molar-refractivity contribution is 6.66. The minimum absolute atomic E-state index is 0.427. The number of amides is 1. The van der Waals surface area contributed by atoms with Crippen LogP contribution in [0.3, 0.4) is 0 Å². The Hall–Kier alpha value is -2.00. The van der Waals surface area contributed by atoms with E-state index in [9.17, 15) is 4.79 Å². The molecule has 0 radical (unpaired) electrons. The van der Waals surface area contributed by atoms with Crippen LogP contribution in [0.25, 0.3) is 0 Å². The molecule has 2 aromatic carbocycles. The SMILES string of the molecule is COc1ccc(CN(C(=O)Cl)c2ccccc2)cc1. The molecule has 0 fully saturated rings. The van der Waals surface area contributed by atoms with Crippen LogP contribution in [0.2, 0.25) is 0 Å². The van der Waals surface area contributed by atoms with Crippen molar-refractivity contribution in [2.45, 2.75) is 6.54 Å². The van der Waals surface area contributed by atoms with E-state index in [0.717, 1.165) is 17.0 Å². The molecule has 19 heavy (non-hydrogen) atoms. The minimum atomic E-state index is -0.498. The molecular weight excluding hydrogens is 262 g/mol. The summed E-state index contributed by atoms with van der Waals surface area (Å²) in [7, 11) is 1.62. The zero-order valence-electron chi connectivity index (χ0n) is 10.5. The Balaban J connectivity index is 2.19. The van der Waals surface area contributed by atoms with Crippen molar-refractivity contribution in [2.24, 2.45) is 0 Å². The second-order valence-corrected chi connectivity index (χ2v) is 4.35. The van der Waals surface area contributed by atoms with Gasteiger partial charge < -0.3 is 4.74 Å². The van der Waals surface area contributed by atoms with E-state index < -0.39 is 5.37 Å². The molecule has 0 spiro atoms. The van der Waals surface area contributed by atoms with Gasteiger partial charge in [0.25, 0.3) is 0 Å². The van der Waals surface area contributed by atoms with Crippen LogP contribution in [-0.2, 0) is 6.54 Å². The van der Waals surface area contributed by atoms with Gasteiger partial charge >= 0.3 is 5.37 Å². The van der Waals surface area contributed by atoms with Crippen LogP contribution >= 0.6 is 11.6 Å². The molecule has 0 heterocycles. The van der Waals surface area contributed by atoms with E-state index >= 15 is 0 Å². The summed E-state index contributed by atoms with van der Waals surface area (Å²) >= 11 is 5.65. The molecule has 0 aliphatic rings. The fraction of sp³-hybridized carbons (Fsp3) is 0.133. The molecule has 0 aliphatic heterocycles. The number of anilines is 1. The van der Waals surface area contributed by atoms with E-state index in [1.807, 2.05) is 54.6 Å². The highest BCUT2D eigenvalue weighted by Gasteiger charge is 2.13. The largest absolute Gasteiger partial charge is 0.497 e. The minimum Gasteiger partial charge on any atom is -0.497 e. The van der Waals surface area contributed by atoms with Crippen molar-refractivity contribution in [3.05, 3.63) is 60.2 Å². The van der Waals surface area contributed by atoms with E-state index in [4.69, 9.17) is 16.3 Å². The topological polar surface area (TPSA) is 29.5 Å². The van der Waals surface area contributed by atoms with Gasteiger partial charge in [-0.15, -0.1) is 0 Å². The maximum Gasteiger partial charge on any atom is 0.321 e. The van der Waals surface area contributed by atoms with Crippen LogP contribution in [0.4, 0.5) is 10.5 Å². The molecule has 0 N–H and O–H groups in total. The molecule has 2 aromatic rings. The summed E-state index contributed by atoms with van der Waals surface area (Å²) in [4.78, 5) is 13.1. The number of methoxy groups -OCH3 is 1. The lowest BCUT2D eigenvalue weighted by atomic mass is 10.2. The predicted molar refractivity (Wildman–Crippen MR) is 76.9 cm³/mol. The molecule has 4 heteroatoms. The number of halogens is 1. The van der Waals surface area contributed by atoms with Crippen molar-refractivity contribution >= 4 is 22.7 Å². The first-order valence-electron chi connectivity index (χ1n) is 5.85. The summed E-state index contributed by atoms with van der Waals surface area (Å²) < 4.78 is 5.10. The summed E-state index contributed by atoms with van der Waals surface area (Å²) in [5.41, 5.74) is 1.76. The molecule has 3 nitrogen and oxygen atoms in total. The van der Waals surface area contributed by atoms with Crippen LogP contribution in [-0.4, -0.2) is 12.5 Å². The molecule has 0 unspecified atom stereocenters. The number of benzene rings is 2. The first-order valence-corrected chi connectivity index (χ1v) is 6.23. The Labute approximate surface area is 117 Å². The van der Waals surface area contributed by atoms with Gasteiger partial charge in [0, 0.05) is 5.69 Å². The third-order valence-corrected chi connectivity index (χ3v) is 2.98. The lowest BCUT2D eigenvalue weighted by Crippen LogP contribution is -2.24. The lowest BCUT2D eigenvalue weighted by Gasteiger charge is -2.19. The highest BCUT2D eigenvalue weighted by atomic mass is 35.5. The molecule has 98 valence electrons. The van der Waals surface area contributed by atoms with Crippen LogP contribution in [0.15, 0.2) is 54.6 Å². The van der Waals surface area contributed by atoms with Gasteiger partial charge in [0.2, 0.25) is 0 Å². The summed E-state index contributed by atoms with van der Waals surface area (Å²) in [6.07, 6.45) is 0. The number of ether oxygens (including phenoxy) is 1. The monoisotopic (exact) mass is 275 g/mol. The standard InChI is InChI=1S/C15H14ClNO2/c1-19-14-9-7-12(8-10-14)11-17(15(16)18)13-5-3-2-4-6-13/h2-10H,11H2,1H3. The highest BCUT2D eigenvalue weighted by Crippen LogP contribution is 2.20. The van der Waals surface area contributed by atoms with Gasteiger partial charge in [-0.1, -0.05) is 30.3 Å². The second kappa shape index (κ2) is 6.25. The Morgan fingerprint density at radius 1 is 1.11 bits per heavy atom. The van der Waals surface area contributed by atoms with Gasteiger partial charge in [-0.05, 0) is 41.4 Å². The number of carbonyl (C=O) groups excluding carboxylic acids is 1. The van der Waals surface area contributed by atoms with Crippen LogP contribution in [0.1, 0.15) is 5.56 Å². The maximum absolute atomic E-state index is 11.5. The molecule has 0 bridgehead atoms. The number of carbonyl (C=O) groups is 1. The fourth-order valence-electron chi connectivity index (χ4n) is 1.78. The summed E-state index contributed by atoms with van der Waals surface area (Å²) in [5, 5.41) is -0.498. The second-order valence-electron chi connectivity index (χ2n) is 4.02. The number of nitrogens with zero attached hydrogens (tertiary/aromatic N) is 1. The Morgan fingerprint density at radius 2 is 1.74 bits per heavy atom. The molecule has 0 saturated heterocycles. The molecule has 0 aliphatic carbocycles. The van der Waals surface area contributed by atoms with Gasteiger partial charge in [0.15, 0.2) is 0 Å². The summed E-state index contributed by atoms with van der Waals surface area (Å²) in [5.74, 6) is 0.784. The van der Waals surface area contributed by atoms with Gasteiger partial charge in [0.05, 0.1) is 13.7 Å². The van der Waals surface area contributed by atoms with E-state index in [1.165, 1.54) is 4.90 Å². The zero-order chi connectivity index (χ0) is 13.7. The van der Waals surface area contributed by atoms with Crippen molar-refractivity contribution in [1.29, 1.82) is 0 Å². The zero-order valence-corrected chi connectivity index (χ0v) is 11.3. The van der Waals surface area contributed by atoms with E-state index in [0.29, 0.717) is 6.54 Å². The Kier molecular flexibility index (Phi) is 4.42. The van der Waals surface area contributed by atoms with Gasteiger partial charge in [-0.25, -0.2) is 0 Å². The summed E-state index contributed by atoms with van der Waals surface area (Å²) in [6, 6.07) is 16.9. The number of hydrogen-bond donors (Lipinski definition) is 0. The van der Waals surface area contributed by atoms with E-state index in [1.54, 1.807) is 7.11 Å². The smallest absolute Gasteiger partial charge is 0.321 e. The molecule has 0 atom stereocenters. The van der Waals surface area contributed by atoms with Crippen LogP contribution in [0.5, 0.6) is 5.75 Å². The molecule has 0 saturated carbocycles. The third kappa shape index (κ3) is 3.48. The first kappa shape index (κ1) is 13.4. The Bertz CT molecular complexity index is 540. The van der Waals surface area contributed by atoms with Gasteiger partial charge in [0.1, 0.15) is 5.75 Å². The van der Waals surface area contributed by atoms with Gasteiger partial charge in [-0.2, -0.15) is 0 Å². The molecule has 1 amide bonds.